The summed E-state index contributed by atoms with van der Waals surface area (Å²) in [7, 11) is 0. The molecule has 3 nitrogen and oxygen atoms in total. The fourth-order valence-corrected chi connectivity index (χ4v) is 3.97. The molecule has 112 valence electrons. The van der Waals surface area contributed by atoms with Crippen molar-refractivity contribution in [1.82, 2.24) is 4.90 Å². The van der Waals surface area contributed by atoms with E-state index in [0.29, 0.717) is 11.8 Å². The number of amides is 2. The predicted octanol–water partition coefficient (Wildman–Crippen LogP) is 3.56. The molecule has 2 amide bonds. The molecule has 3 heteroatoms. The molecule has 3 rings (SSSR count). The fraction of sp³-hybridized carbons (Fsp3) is 0.647. The highest BCUT2D eigenvalue weighted by Gasteiger charge is 2.71. The fourth-order valence-electron chi connectivity index (χ4n) is 3.97. The monoisotopic (exact) mass is 277 g/mol. The van der Waals surface area contributed by atoms with Gasteiger partial charge in [0.1, 0.15) is 0 Å². The number of carbonyl (C=O) groups excluding carboxylic acids is 2. The lowest BCUT2D eigenvalue weighted by molar-refractivity contribution is -0.148. The quantitative estimate of drug-likeness (QED) is 0.543. The molecule has 20 heavy (non-hydrogen) atoms. The Kier molecular flexibility index (Phi) is 4.62. The minimum atomic E-state index is -0.282. The summed E-state index contributed by atoms with van der Waals surface area (Å²) in [4.78, 5) is 25.2. The molecular weight excluding hydrogens is 250 g/mol. The van der Waals surface area contributed by atoms with Crippen LogP contribution in [0.4, 0.5) is 0 Å². The van der Waals surface area contributed by atoms with Gasteiger partial charge in [-0.3, -0.25) is 14.5 Å². The largest absolute Gasteiger partial charge is 0.269 e. The number of hydrogen-bond donors (Lipinski definition) is 0. The molecule has 0 radical (unpaired) electrons. The highest BCUT2D eigenvalue weighted by molar-refractivity contribution is 6.13. The van der Waals surface area contributed by atoms with Crippen LogP contribution in [0.15, 0.2) is 25.3 Å². The number of hydrogen-bond acceptors (Lipinski definition) is 2. The van der Waals surface area contributed by atoms with Crippen LogP contribution in [0.1, 0.15) is 47.5 Å². The van der Waals surface area contributed by atoms with E-state index in [1.54, 1.807) is 0 Å². The van der Waals surface area contributed by atoms with E-state index in [1.165, 1.54) is 17.1 Å². The average molecular weight is 277 g/mol. The highest BCUT2D eigenvalue weighted by atomic mass is 16.2. The second-order valence-electron chi connectivity index (χ2n) is 5.95. The topological polar surface area (TPSA) is 37.4 Å². The predicted molar refractivity (Wildman–Crippen MR) is 82.0 cm³/mol. The third kappa shape index (κ3) is 1.95. The van der Waals surface area contributed by atoms with Gasteiger partial charge in [-0.1, -0.05) is 27.7 Å². The number of rotatable bonds is 1. The molecule has 0 aromatic rings. The molecule has 0 aromatic heterocycles. The summed E-state index contributed by atoms with van der Waals surface area (Å²) in [5, 5.41) is 0. The van der Waals surface area contributed by atoms with Crippen LogP contribution in [-0.4, -0.2) is 22.3 Å². The van der Waals surface area contributed by atoms with E-state index in [9.17, 15) is 9.59 Å². The van der Waals surface area contributed by atoms with Gasteiger partial charge in [0.15, 0.2) is 0 Å². The molecule has 0 aromatic carbocycles. The summed E-state index contributed by atoms with van der Waals surface area (Å²) in [6, 6.07) is 0. The molecule has 1 heterocycles. The van der Waals surface area contributed by atoms with Gasteiger partial charge in [-0.25, -0.2) is 0 Å². The standard InChI is InChI=1S/C13H17NO2.C2H6.C2H4/c1-8-6-9-7-12(9,2)13(8,3)14-10(15)4-5-11(14)16;2*1-2/h4-5,8-9H,6-7H2,1-3H3;1-2H3;1-2H2. The molecule has 0 N–H and O–H groups in total. The first-order valence-corrected chi connectivity index (χ1v) is 7.47. The van der Waals surface area contributed by atoms with Crippen LogP contribution in [0.5, 0.6) is 0 Å². The maximum absolute atomic E-state index is 11.8. The molecular formula is C17H27NO2. The molecule has 3 aliphatic rings. The molecule has 4 atom stereocenters. The molecule has 0 spiro atoms. The first kappa shape index (κ1) is 16.7. The zero-order valence-corrected chi connectivity index (χ0v) is 13.4. The lowest BCUT2D eigenvalue weighted by Crippen LogP contribution is -2.56. The minimum Gasteiger partial charge on any atom is -0.269 e. The van der Waals surface area contributed by atoms with E-state index in [0.717, 1.165) is 12.8 Å². The van der Waals surface area contributed by atoms with E-state index in [2.05, 4.69) is 33.9 Å². The zero-order chi connectivity index (χ0) is 15.7. The molecule has 2 saturated carbocycles. The molecule has 0 bridgehead atoms. The SMILES string of the molecule is C=C.CC.CC1CC2CC2(C)C1(C)N1C(=O)C=CC1=O. The molecule has 2 aliphatic carbocycles. The average Bonchev–Trinajstić information content (AvgIpc) is 2.92. The summed E-state index contributed by atoms with van der Waals surface area (Å²) < 4.78 is 0. The highest BCUT2D eigenvalue weighted by Crippen LogP contribution is 2.71. The first-order valence-electron chi connectivity index (χ1n) is 7.47. The van der Waals surface area contributed by atoms with Crippen molar-refractivity contribution in [3.05, 3.63) is 25.3 Å². The summed E-state index contributed by atoms with van der Waals surface area (Å²) >= 11 is 0. The van der Waals surface area contributed by atoms with Crippen LogP contribution in [0, 0.1) is 17.3 Å². The smallest absolute Gasteiger partial charge is 0.254 e. The van der Waals surface area contributed by atoms with Crippen molar-refractivity contribution in [3.8, 4) is 0 Å². The summed E-state index contributed by atoms with van der Waals surface area (Å²) in [5.41, 5.74) is -0.126. The Bertz CT molecular complexity index is 424. The second kappa shape index (κ2) is 5.55. The molecule has 1 aliphatic heterocycles. The Morgan fingerprint density at radius 2 is 1.60 bits per heavy atom. The number of fused-ring (bicyclic) bond motifs is 1. The van der Waals surface area contributed by atoms with Crippen LogP contribution >= 0.6 is 0 Å². The van der Waals surface area contributed by atoms with Crippen LogP contribution in [-0.2, 0) is 9.59 Å². The van der Waals surface area contributed by atoms with Crippen molar-refractivity contribution in [2.45, 2.75) is 53.0 Å². The van der Waals surface area contributed by atoms with Gasteiger partial charge in [0.25, 0.3) is 11.8 Å². The van der Waals surface area contributed by atoms with E-state index >= 15 is 0 Å². The molecule has 4 unspecified atom stereocenters. The maximum atomic E-state index is 11.8. The van der Waals surface area contributed by atoms with E-state index in [1.807, 2.05) is 13.8 Å². The number of imide groups is 1. The second-order valence-corrected chi connectivity index (χ2v) is 5.95. The van der Waals surface area contributed by atoms with Gasteiger partial charge in [-0.15, -0.1) is 13.2 Å². The molecule has 2 fully saturated rings. The van der Waals surface area contributed by atoms with Gasteiger partial charge in [0.05, 0.1) is 5.54 Å². The van der Waals surface area contributed by atoms with Gasteiger partial charge in [0.2, 0.25) is 0 Å². The van der Waals surface area contributed by atoms with Gasteiger partial charge >= 0.3 is 0 Å². The minimum absolute atomic E-state index is 0.131. The summed E-state index contributed by atoms with van der Waals surface area (Å²) in [5.74, 6) is 0.846. The van der Waals surface area contributed by atoms with E-state index < -0.39 is 0 Å². The summed E-state index contributed by atoms with van der Waals surface area (Å²) in [6.07, 6.45) is 5.10. The van der Waals surface area contributed by atoms with Gasteiger partial charge in [-0.2, -0.15) is 0 Å². The lowest BCUT2D eigenvalue weighted by Gasteiger charge is -2.44. The summed E-state index contributed by atoms with van der Waals surface area (Å²) in [6.45, 7) is 16.5. The maximum Gasteiger partial charge on any atom is 0.254 e. The zero-order valence-electron chi connectivity index (χ0n) is 13.4. The van der Waals surface area contributed by atoms with Crippen molar-refractivity contribution >= 4 is 11.8 Å². The normalized spacial score (nSPS) is 40.5. The van der Waals surface area contributed by atoms with Crippen molar-refractivity contribution in [2.24, 2.45) is 17.3 Å². The van der Waals surface area contributed by atoms with Crippen molar-refractivity contribution in [2.75, 3.05) is 0 Å². The number of carbonyl (C=O) groups is 2. The Morgan fingerprint density at radius 3 is 1.95 bits per heavy atom. The van der Waals surface area contributed by atoms with Crippen LogP contribution < -0.4 is 0 Å². The lowest BCUT2D eigenvalue weighted by atomic mass is 9.77. The van der Waals surface area contributed by atoms with Crippen LogP contribution in [0.25, 0.3) is 0 Å². The van der Waals surface area contributed by atoms with Crippen molar-refractivity contribution in [3.63, 3.8) is 0 Å². The Hall–Kier alpha value is -1.38. The Balaban J connectivity index is 0.000000461. The first-order chi connectivity index (χ1) is 9.41. The van der Waals surface area contributed by atoms with Gasteiger partial charge in [0, 0.05) is 12.2 Å². The van der Waals surface area contributed by atoms with Gasteiger partial charge < -0.3 is 0 Å². The Labute approximate surface area is 122 Å². The van der Waals surface area contributed by atoms with Crippen LogP contribution in [0.3, 0.4) is 0 Å². The van der Waals surface area contributed by atoms with Gasteiger partial charge in [-0.05, 0) is 37.0 Å². The molecule has 0 saturated heterocycles. The third-order valence-electron chi connectivity index (χ3n) is 5.44. The van der Waals surface area contributed by atoms with Crippen molar-refractivity contribution in [1.29, 1.82) is 0 Å². The van der Waals surface area contributed by atoms with E-state index in [-0.39, 0.29) is 22.8 Å². The Morgan fingerprint density at radius 1 is 1.15 bits per heavy atom. The number of nitrogens with zero attached hydrogens (tertiary/aromatic N) is 1. The third-order valence-corrected chi connectivity index (χ3v) is 5.44. The van der Waals surface area contributed by atoms with Crippen LogP contribution in [0.2, 0.25) is 0 Å². The van der Waals surface area contributed by atoms with E-state index in [4.69, 9.17) is 0 Å². The van der Waals surface area contributed by atoms with Crippen molar-refractivity contribution < 1.29 is 9.59 Å².